The molecule has 11 heteroatoms. The zero-order valence-corrected chi connectivity index (χ0v) is 20.6. The van der Waals surface area contributed by atoms with Gasteiger partial charge < -0.3 is 15.4 Å². The summed E-state index contributed by atoms with van der Waals surface area (Å²) >= 11 is 1.23. The highest BCUT2D eigenvalue weighted by atomic mass is 127. The van der Waals surface area contributed by atoms with Crippen molar-refractivity contribution in [2.75, 3.05) is 32.8 Å². The highest BCUT2D eigenvalue weighted by molar-refractivity contribution is 14.0. The van der Waals surface area contributed by atoms with Crippen LogP contribution in [0.3, 0.4) is 0 Å². The first-order valence-electron chi connectivity index (χ1n) is 9.43. The molecule has 1 aliphatic rings. The van der Waals surface area contributed by atoms with Crippen molar-refractivity contribution in [1.29, 1.82) is 0 Å². The van der Waals surface area contributed by atoms with Gasteiger partial charge in [0.25, 0.3) is 10.0 Å². The summed E-state index contributed by atoms with van der Waals surface area (Å²) in [6, 6.07) is 9.96. The Morgan fingerprint density at radius 2 is 1.93 bits per heavy atom. The van der Waals surface area contributed by atoms with Gasteiger partial charge in [0.2, 0.25) is 0 Å². The normalized spacial score (nSPS) is 15.5. The molecule has 0 aliphatic carbocycles. The van der Waals surface area contributed by atoms with E-state index in [0.29, 0.717) is 55.1 Å². The van der Waals surface area contributed by atoms with Crippen LogP contribution < -0.4 is 10.6 Å². The Morgan fingerprint density at radius 3 is 2.63 bits per heavy atom. The van der Waals surface area contributed by atoms with E-state index in [0.717, 1.165) is 4.88 Å². The molecule has 1 fully saturated rings. The number of hydrogen-bond donors (Lipinski definition) is 2. The van der Waals surface area contributed by atoms with Gasteiger partial charge in [0.05, 0.1) is 26.3 Å². The van der Waals surface area contributed by atoms with E-state index in [1.54, 1.807) is 30.3 Å². The molecule has 0 bridgehead atoms. The summed E-state index contributed by atoms with van der Waals surface area (Å²) in [6.07, 6.45) is 0. The average molecular weight is 568 g/mol. The van der Waals surface area contributed by atoms with Gasteiger partial charge in [-0.2, -0.15) is 4.31 Å². The van der Waals surface area contributed by atoms with E-state index in [4.69, 9.17) is 4.74 Å². The van der Waals surface area contributed by atoms with Crippen molar-refractivity contribution >= 4 is 51.3 Å². The standard InChI is InChI=1S/C19H25FN4O3S2.HI/c1-2-21-19(22-13-15-5-3-4-6-17(15)20)23-14-16-7-8-18(28-16)29(25,26)24-9-11-27-12-10-24;/h3-8H,2,9-14H2,1H3,(H2,21,22,23);1H. The minimum absolute atomic E-state index is 0. The average Bonchev–Trinajstić information content (AvgIpc) is 3.22. The summed E-state index contributed by atoms with van der Waals surface area (Å²) in [6.45, 7) is 4.83. The van der Waals surface area contributed by atoms with E-state index < -0.39 is 10.0 Å². The Hall–Kier alpha value is -1.28. The third-order valence-electron chi connectivity index (χ3n) is 4.34. The summed E-state index contributed by atoms with van der Waals surface area (Å²) in [5, 5.41) is 6.28. The zero-order valence-electron chi connectivity index (χ0n) is 16.6. The summed E-state index contributed by atoms with van der Waals surface area (Å²) < 4.78 is 46.2. The molecule has 1 saturated heterocycles. The molecule has 30 heavy (non-hydrogen) atoms. The fourth-order valence-corrected chi connectivity index (χ4v) is 5.67. The van der Waals surface area contributed by atoms with Crippen LogP contribution in [0, 0.1) is 5.82 Å². The third-order valence-corrected chi connectivity index (χ3v) is 7.79. The van der Waals surface area contributed by atoms with Crippen molar-refractivity contribution in [2.45, 2.75) is 24.2 Å². The highest BCUT2D eigenvalue weighted by Crippen LogP contribution is 2.25. The Labute approximate surface area is 197 Å². The number of benzene rings is 1. The van der Waals surface area contributed by atoms with Crippen molar-refractivity contribution < 1.29 is 17.5 Å². The van der Waals surface area contributed by atoms with Gasteiger partial charge in [-0.25, -0.2) is 17.8 Å². The molecule has 0 atom stereocenters. The minimum Gasteiger partial charge on any atom is -0.379 e. The molecule has 2 heterocycles. The van der Waals surface area contributed by atoms with Crippen molar-refractivity contribution in [3.63, 3.8) is 0 Å². The number of guanidine groups is 1. The third kappa shape index (κ3) is 6.61. The van der Waals surface area contributed by atoms with Crippen LogP contribution in [0.2, 0.25) is 0 Å². The zero-order chi connectivity index (χ0) is 20.7. The number of halogens is 2. The number of hydrogen-bond acceptors (Lipinski definition) is 5. The van der Waals surface area contributed by atoms with Crippen LogP contribution in [-0.4, -0.2) is 51.5 Å². The number of sulfonamides is 1. The van der Waals surface area contributed by atoms with Crippen LogP contribution >= 0.6 is 35.3 Å². The number of rotatable bonds is 7. The van der Waals surface area contributed by atoms with E-state index in [9.17, 15) is 12.8 Å². The van der Waals surface area contributed by atoms with E-state index in [2.05, 4.69) is 15.6 Å². The number of nitrogens with zero attached hydrogens (tertiary/aromatic N) is 2. The van der Waals surface area contributed by atoms with Crippen LogP contribution in [0.15, 0.2) is 45.6 Å². The molecule has 0 saturated carbocycles. The topological polar surface area (TPSA) is 83.0 Å². The summed E-state index contributed by atoms with van der Waals surface area (Å²) in [4.78, 5) is 5.28. The number of ether oxygens (including phenoxy) is 1. The predicted octanol–water partition coefficient (Wildman–Crippen LogP) is 2.78. The van der Waals surface area contributed by atoms with E-state index >= 15 is 0 Å². The van der Waals surface area contributed by atoms with Crippen LogP contribution in [0.1, 0.15) is 17.4 Å². The van der Waals surface area contributed by atoms with Gasteiger partial charge in [0.1, 0.15) is 10.0 Å². The highest BCUT2D eigenvalue weighted by Gasteiger charge is 2.27. The maximum atomic E-state index is 13.8. The first-order chi connectivity index (χ1) is 14.0. The Balaban J connectivity index is 0.00000320. The van der Waals surface area contributed by atoms with Gasteiger partial charge >= 0.3 is 0 Å². The second-order valence-corrected chi connectivity index (χ2v) is 9.71. The van der Waals surface area contributed by atoms with Crippen molar-refractivity contribution in [3.8, 4) is 0 Å². The maximum Gasteiger partial charge on any atom is 0.252 e. The predicted molar refractivity (Wildman–Crippen MR) is 127 cm³/mol. The molecule has 1 aliphatic heterocycles. The first-order valence-corrected chi connectivity index (χ1v) is 11.7. The Bertz CT molecular complexity index is 947. The molecular formula is C19H26FIN4O3S2. The quantitative estimate of drug-likeness (QED) is 0.305. The lowest BCUT2D eigenvalue weighted by atomic mass is 10.2. The maximum absolute atomic E-state index is 13.8. The molecule has 0 radical (unpaired) electrons. The van der Waals surface area contributed by atoms with Gasteiger partial charge in [-0.3, -0.25) is 0 Å². The van der Waals surface area contributed by atoms with Crippen molar-refractivity contribution in [3.05, 3.63) is 52.7 Å². The van der Waals surface area contributed by atoms with E-state index in [-0.39, 0.29) is 36.3 Å². The fourth-order valence-electron chi connectivity index (χ4n) is 2.81. The Morgan fingerprint density at radius 1 is 1.20 bits per heavy atom. The molecule has 7 nitrogen and oxygen atoms in total. The van der Waals surface area contributed by atoms with Crippen molar-refractivity contribution in [1.82, 2.24) is 14.9 Å². The monoisotopic (exact) mass is 568 g/mol. The van der Waals surface area contributed by atoms with Gasteiger partial charge in [-0.1, -0.05) is 18.2 Å². The van der Waals surface area contributed by atoms with Crippen LogP contribution in [0.25, 0.3) is 0 Å². The molecule has 0 spiro atoms. The summed E-state index contributed by atoms with van der Waals surface area (Å²) in [5.41, 5.74) is 0.514. The summed E-state index contributed by atoms with van der Waals surface area (Å²) in [7, 11) is -3.48. The molecular weight excluding hydrogens is 542 g/mol. The van der Waals surface area contributed by atoms with Crippen LogP contribution in [0.5, 0.6) is 0 Å². The van der Waals surface area contributed by atoms with E-state index in [1.807, 2.05) is 6.92 Å². The van der Waals surface area contributed by atoms with E-state index in [1.165, 1.54) is 21.7 Å². The first kappa shape index (κ1) is 25.0. The van der Waals surface area contributed by atoms with Crippen molar-refractivity contribution in [2.24, 2.45) is 4.99 Å². The largest absolute Gasteiger partial charge is 0.379 e. The lowest BCUT2D eigenvalue weighted by molar-refractivity contribution is 0.0731. The molecule has 2 aromatic rings. The smallest absolute Gasteiger partial charge is 0.252 e. The molecule has 1 aromatic carbocycles. The van der Waals surface area contributed by atoms with Gasteiger partial charge in [0.15, 0.2) is 5.96 Å². The molecule has 3 rings (SSSR count). The number of thiophene rings is 1. The Kier molecular flexibility index (Phi) is 9.94. The summed E-state index contributed by atoms with van der Waals surface area (Å²) in [5.74, 6) is 0.255. The SMILES string of the molecule is CCNC(=NCc1ccccc1F)NCc1ccc(S(=O)(=O)N2CCOCC2)s1.I. The molecule has 0 unspecified atom stereocenters. The fraction of sp³-hybridized carbons (Fsp3) is 0.421. The number of morpholine rings is 1. The number of aliphatic imine (C=N–C) groups is 1. The molecule has 0 amide bonds. The van der Waals surface area contributed by atoms with Gasteiger partial charge in [-0.15, -0.1) is 35.3 Å². The lowest BCUT2D eigenvalue weighted by Crippen LogP contribution is -2.40. The second kappa shape index (κ2) is 11.9. The lowest BCUT2D eigenvalue weighted by Gasteiger charge is -2.25. The number of nitrogens with one attached hydrogen (secondary N) is 2. The molecule has 2 N–H and O–H groups in total. The molecule has 1 aromatic heterocycles. The van der Waals surface area contributed by atoms with Gasteiger partial charge in [0, 0.05) is 30.1 Å². The van der Waals surface area contributed by atoms with Gasteiger partial charge in [-0.05, 0) is 25.1 Å². The molecule has 166 valence electrons. The second-order valence-electron chi connectivity index (χ2n) is 6.38. The van der Waals surface area contributed by atoms with Crippen LogP contribution in [-0.2, 0) is 27.8 Å². The van der Waals surface area contributed by atoms with Crippen LogP contribution in [0.4, 0.5) is 4.39 Å². The minimum atomic E-state index is -3.48.